The van der Waals surface area contributed by atoms with Crippen molar-refractivity contribution in [2.24, 2.45) is 5.10 Å². The van der Waals surface area contributed by atoms with Crippen molar-refractivity contribution >= 4 is 67.9 Å². The predicted octanol–water partition coefficient (Wildman–Crippen LogP) is 8.09. The smallest absolute Gasteiger partial charge is 0.282 e. The van der Waals surface area contributed by atoms with E-state index in [9.17, 15) is 4.79 Å². The molecule has 0 bridgehead atoms. The molecular formula is C26H21BrCl3N3O2. The van der Waals surface area contributed by atoms with Crippen molar-refractivity contribution in [3.8, 4) is 5.75 Å². The number of benzene rings is 3. The summed E-state index contributed by atoms with van der Waals surface area (Å²) < 4.78 is 8.16. The van der Waals surface area contributed by atoms with Gasteiger partial charge in [-0.05, 0) is 60.5 Å². The maximum atomic E-state index is 13.4. The van der Waals surface area contributed by atoms with Crippen LogP contribution in [0.25, 0.3) is 10.9 Å². The molecule has 35 heavy (non-hydrogen) atoms. The molecule has 0 saturated carbocycles. The van der Waals surface area contributed by atoms with Crippen LogP contribution in [0.4, 0.5) is 0 Å². The highest BCUT2D eigenvalue weighted by Gasteiger charge is 2.16. The van der Waals surface area contributed by atoms with Crippen LogP contribution in [-0.4, -0.2) is 15.9 Å². The minimum atomic E-state index is -0.247. The molecule has 0 amide bonds. The minimum Gasteiger partial charge on any atom is -0.488 e. The lowest BCUT2D eigenvalue weighted by molar-refractivity contribution is 0.306. The fraction of sp³-hybridized carbons (Fsp3) is 0.192. The number of hydrogen-bond acceptors (Lipinski definition) is 4. The molecule has 0 N–H and O–H groups in total. The van der Waals surface area contributed by atoms with Crippen LogP contribution in [0.2, 0.25) is 15.1 Å². The van der Waals surface area contributed by atoms with E-state index in [0.717, 1.165) is 16.5 Å². The van der Waals surface area contributed by atoms with Crippen molar-refractivity contribution in [1.29, 1.82) is 0 Å². The van der Waals surface area contributed by atoms with Crippen LogP contribution in [0, 0.1) is 0 Å². The molecule has 4 rings (SSSR count). The van der Waals surface area contributed by atoms with Crippen LogP contribution < -0.4 is 10.3 Å². The summed E-state index contributed by atoms with van der Waals surface area (Å²) >= 11 is 21.8. The van der Waals surface area contributed by atoms with Crippen molar-refractivity contribution in [2.45, 2.75) is 32.8 Å². The van der Waals surface area contributed by atoms with E-state index < -0.39 is 0 Å². The van der Waals surface area contributed by atoms with Gasteiger partial charge in [-0.2, -0.15) is 9.78 Å². The molecule has 0 unspecified atom stereocenters. The topological polar surface area (TPSA) is 56.5 Å². The van der Waals surface area contributed by atoms with E-state index in [1.54, 1.807) is 42.6 Å². The lowest BCUT2D eigenvalue weighted by atomic mass is 10.1. The summed E-state index contributed by atoms with van der Waals surface area (Å²) in [5.74, 6) is 1.17. The molecule has 3 aromatic carbocycles. The number of hydrogen-bond donors (Lipinski definition) is 0. The Labute approximate surface area is 226 Å². The summed E-state index contributed by atoms with van der Waals surface area (Å²) in [7, 11) is 0. The van der Waals surface area contributed by atoms with Crippen molar-refractivity contribution in [3.63, 3.8) is 0 Å². The molecule has 1 atom stereocenters. The Kier molecular flexibility index (Phi) is 8.17. The first-order valence-electron chi connectivity index (χ1n) is 10.9. The molecule has 1 aromatic heterocycles. The first kappa shape index (κ1) is 25.7. The lowest BCUT2D eigenvalue weighted by Gasteiger charge is -2.14. The van der Waals surface area contributed by atoms with E-state index in [0.29, 0.717) is 43.1 Å². The van der Waals surface area contributed by atoms with Gasteiger partial charge in [-0.15, -0.1) is 0 Å². The third kappa shape index (κ3) is 5.89. The zero-order valence-electron chi connectivity index (χ0n) is 18.9. The van der Waals surface area contributed by atoms with Crippen molar-refractivity contribution in [2.75, 3.05) is 0 Å². The number of halogens is 4. The highest BCUT2D eigenvalue weighted by atomic mass is 79.9. The van der Waals surface area contributed by atoms with Gasteiger partial charge >= 0.3 is 0 Å². The molecule has 0 aliphatic carbocycles. The maximum absolute atomic E-state index is 13.4. The summed E-state index contributed by atoms with van der Waals surface area (Å²) in [5, 5.41) is 6.46. The van der Waals surface area contributed by atoms with Crippen molar-refractivity contribution in [1.82, 2.24) is 9.66 Å². The second-order valence-corrected chi connectivity index (χ2v) is 10.2. The quantitative estimate of drug-likeness (QED) is 0.204. The number of ether oxygens (including phenoxy) is 1. The van der Waals surface area contributed by atoms with Gasteiger partial charge in [0.05, 0.1) is 27.2 Å². The van der Waals surface area contributed by atoms with E-state index in [-0.39, 0.29) is 18.1 Å². The molecule has 0 aliphatic heterocycles. The summed E-state index contributed by atoms with van der Waals surface area (Å²) in [6.45, 7) is 4.33. The summed E-state index contributed by atoms with van der Waals surface area (Å²) in [6, 6.07) is 16.0. The average molecular weight is 594 g/mol. The molecule has 0 aliphatic rings. The molecule has 9 heteroatoms. The van der Waals surface area contributed by atoms with Crippen LogP contribution in [0.3, 0.4) is 0 Å². The Morgan fingerprint density at radius 2 is 1.89 bits per heavy atom. The van der Waals surface area contributed by atoms with Gasteiger partial charge in [0.25, 0.3) is 5.56 Å². The van der Waals surface area contributed by atoms with Crippen LogP contribution in [-0.2, 0) is 6.61 Å². The highest BCUT2D eigenvalue weighted by Crippen LogP contribution is 2.26. The SMILES string of the molecule is CC[C@H](C)c1nc2ccc(Br)cc2c(=O)n1N=Cc1cc(Cl)ccc1OCc1ccc(Cl)c(Cl)c1. The van der Waals surface area contributed by atoms with Gasteiger partial charge < -0.3 is 4.74 Å². The Morgan fingerprint density at radius 3 is 2.63 bits per heavy atom. The van der Waals surface area contributed by atoms with Crippen LogP contribution in [0.15, 0.2) is 69.0 Å². The number of fused-ring (bicyclic) bond motifs is 1. The molecule has 1 heterocycles. The Balaban J connectivity index is 1.73. The largest absolute Gasteiger partial charge is 0.488 e. The third-order valence-corrected chi connectivity index (χ3v) is 7.02. The zero-order chi connectivity index (χ0) is 25.1. The summed E-state index contributed by atoms with van der Waals surface area (Å²) in [6.07, 6.45) is 2.37. The number of aromatic nitrogens is 2. The first-order valence-corrected chi connectivity index (χ1v) is 12.8. The minimum absolute atomic E-state index is 0.0256. The van der Waals surface area contributed by atoms with E-state index >= 15 is 0 Å². The molecule has 0 spiro atoms. The molecule has 0 saturated heterocycles. The molecule has 0 fully saturated rings. The molecular weight excluding hydrogens is 573 g/mol. The molecule has 4 aromatic rings. The van der Waals surface area contributed by atoms with E-state index in [1.807, 2.05) is 32.0 Å². The standard InChI is InChI=1S/C26H21BrCl3N3O2/c1-3-15(2)25-32-23-8-5-18(27)12-20(23)26(34)33(25)31-13-17-11-19(28)6-9-24(17)35-14-16-4-7-21(29)22(30)10-16/h4-13,15H,3,14H2,1-2H3/t15-/m0/s1. The lowest BCUT2D eigenvalue weighted by Crippen LogP contribution is -2.23. The first-order chi connectivity index (χ1) is 16.8. The Bertz CT molecular complexity index is 1490. The van der Waals surface area contributed by atoms with Gasteiger partial charge in [0.1, 0.15) is 18.2 Å². The third-order valence-electron chi connectivity index (χ3n) is 5.55. The van der Waals surface area contributed by atoms with Gasteiger partial charge in [0.2, 0.25) is 0 Å². The van der Waals surface area contributed by atoms with E-state index in [2.05, 4.69) is 21.0 Å². The van der Waals surface area contributed by atoms with Crippen LogP contribution >= 0.6 is 50.7 Å². The van der Waals surface area contributed by atoms with Crippen LogP contribution in [0.1, 0.15) is 43.1 Å². The summed E-state index contributed by atoms with van der Waals surface area (Å²) in [5.41, 5.74) is 1.86. The fourth-order valence-corrected chi connectivity index (χ4v) is 4.30. The summed E-state index contributed by atoms with van der Waals surface area (Å²) in [4.78, 5) is 18.1. The van der Waals surface area contributed by atoms with Gasteiger partial charge in [-0.3, -0.25) is 4.79 Å². The second kappa shape index (κ2) is 11.1. The van der Waals surface area contributed by atoms with Gasteiger partial charge in [0, 0.05) is 21.0 Å². The Morgan fingerprint density at radius 1 is 1.09 bits per heavy atom. The molecule has 0 radical (unpaired) electrons. The number of nitrogens with zero attached hydrogens (tertiary/aromatic N) is 3. The second-order valence-electron chi connectivity index (χ2n) is 8.02. The van der Waals surface area contributed by atoms with Crippen molar-refractivity contribution in [3.05, 3.63) is 101 Å². The van der Waals surface area contributed by atoms with Crippen LogP contribution in [0.5, 0.6) is 5.75 Å². The Hall–Kier alpha value is -2.38. The fourth-order valence-electron chi connectivity index (χ4n) is 3.44. The normalized spacial score (nSPS) is 12.4. The molecule has 5 nitrogen and oxygen atoms in total. The monoisotopic (exact) mass is 591 g/mol. The predicted molar refractivity (Wildman–Crippen MR) is 148 cm³/mol. The highest BCUT2D eigenvalue weighted by molar-refractivity contribution is 9.10. The van der Waals surface area contributed by atoms with Gasteiger partial charge in [0.15, 0.2) is 0 Å². The van der Waals surface area contributed by atoms with Gasteiger partial charge in [-0.25, -0.2) is 4.98 Å². The van der Waals surface area contributed by atoms with E-state index in [1.165, 1.54) is 4.68 Å². The van der Waals surface area contributed by atoms with Gasteiger partial charge in [-0.1, -0.05) is 70.6 Å². The molecule has 180 valence electrons. The maximum Gasteiger partial charge on any atom is 0.282 e. The average Bonchev–Trinajstić information content (AvgIpc) is 2.84. The number of rotatable bonds is 7. The van der Waals surface area contributed by atoms with Crippen molar-refractivity contribution < 1.29 is 4.74 Å². The zero-order valence-corrected chi connectivity index (χ0v) is 22.8. The van der Waals surface area contributed by atoms with E-state index in [4.69, 9.17) is 44.5 Å².